The molecule has 0 aromatic heterocycles. The number of carboxylic acid groups (broad SMARTS) is 1. The highest BCUT2D eigenvalue weighted by atomic mass is 16.6. The summed E-state index contributed by atoms with van der Waals surface area (Å²) >= 11 is 0. The molecule has 0 fully saturated rings. The summed E-state index contributed by atoms with van der Waals surface area (Å²) in [5.74, 6) is -2.57. The Hall–Kier alpha value is -3.70. The predicted octanol–water partition coefficient (Wildman–Crippen LogP) is -5.19. The van der Waals surface area contributed by atoms with Crippen LogP contribution in [0.1, 0.15) is 0 Å². The monoisotopic (exact) mass is 888 g/mol. The molecule has 0 aliphatic heterocycles. The predicted molar refractivity (Wildman–Crippen MR) is 212 cm³/mol. The Morgan fingerprint density at radius 3 is 0.705 bits per heavy atom. The molecular formula is C36H68N6O19. The van der Waals surface area contributed by atoms with E-state index in [1.165, 1.54) is 0 Å². The number of rotatable bonds is 47. The van der Waals surface area contributed by atoms with Gasteiger partial charge in [0, 0.05) is 39.3 Å². The minimum Gasteiger partial charge on any atom is -0.480 e. The number of carbonyl (C=O) groups is 6. The maximum atomic E-state index is 11.9. The molecule has 25 heteroatoms. The number of hydrogen-bond donors (Lipinski definition) is 7. The molecule has 0 atom stereocenters. The molecule has 0 unspecified atom stereocenters. The van der Waals surface area contributed by atoms with E-state index in [-0.39, 0.29) is 194 Å². The molecule has 8 N–H and O–H groups in total. The number of carboxylic acids is 1. The summed E-state index contributed by atoms with van der Waals surface area (Å²) in [6.07, 6.45) is 0. The topological polar surface area (TPSA) is 320 Å². The minimum absolute atomic E-state index is 0.0679. The van der Waals surface area contributed by atoms with Gasteiger partial charge in [0.05, 0.1) is 119 Å². The van der Waals surface area contributed by atoms with Crippen molar-refractivity contribution in [3.8, 4) is 0 Å². The molecule has 0 saturated carbocycles. The van der Waals surface area contributed by atoms with Crippen molar-refractivity contribution in [1.82, 2.24) is 26.6 Å². The third-order valence-electron chi connectivity index (χ3n) is 6.73. The number of aliphatic carboxylic acids is 1. The normalized spacial score (nSPS) is 11.0. The molecule has 0 bridgehead atoms. The largest absolute Gasteiger partial charge is 0.480 e. The van der Waals surface area contributed by atoms with E-state index >= 15 is 0 Å². The van der Waals surface area contributed by atoms with Gasteiger partial charge in [-0.2, -0.15) is 0 Å². The van der Waals surface area contributed by atoms with Gasteiger partial charge in [0.15, 0.2) is 0 Å². The van der Waals surface area contributed by atoms with E-state index in [1.807, 2.05) is 0 Å². The number of nitrogens with two attached hydrogens (primary N) is 1. The highest BCUT2D eigenvalue weighted by molar-refractivity contribution is 5.78. The van der Waals surface area contributed by atoms with Crippen molar-refractivity contribution in [2.75, 3.05) is 198 Å². The first-order chi connectivity index (χ1) is 29.7. The average Bonchev–Trinajstić information content (AvgIpc) is 3.23. The highest BCUT2D eigenvalue weighted by Gasteiger charge is 2.06. The lowest BCUT2D eigenvalue weighted by Gasteiger charge is -2.09. The molecule has 0 radical (unpaired) electrons. The van der Waals surface area contributed by atoms with Gasteiger partial charge in [-0.15, -0.1) is 0 Å². The van der Waals surface area contributed by atoms with Gasteiger partial charge < -0.3 is 94.3 Å². The first kappa shape index (κ1) is 57.3. The lowest BCUT2D eigenvalue weighted by Crippen LogP contribution is -2.32. The Balaban J connectivity index is 3.38. The van der Waals surface area contributed by atoms with Gasteiger partial charge >= 0.3 is 5.97 Å². The maximum absolute atomic E-state index is 11.9. The second kappa shape index (κ2) is 45.8. The zero-order valence-electron chi connectivity index (χ0n) is 35.1. The van der Waals surface area contributed by atoms with Crippen LogP contribution in [0.5, 0.6) is 0 Å². The number of nitrogens with one attached hydrogen (secondary N) is 5. The Morgan fingerprint density at radius 1 is 0.295 bits per heavy atom. The highest BCUT2D eigenvalue weighted by Crippen LogP contribution is 1.86. The van der Waals surface area contributed by atoms with Crippen LogP contribution in [0.3, 0.4) is 0 Å². The summed E-state index contributed by atoms with van der Waals surface area (Å²) < 4.78 is 62.7. The summed E-state index contributed by atoms with van der Waals surface area (Å²) in [4.78, 5) is 69.1. The summed E-state index contributed by atoms with van der Waals surface area (Å²) in [6, 6.07) is 0. The van der Waals surface area contributed by atoms with Crippen LogP contribution >= 0.6 is 0 Å². The van der Waals surface area contributed by atoms with Crippen molar-refractivity contribution in [3.63, 3.8) is 0 Å². The lowest BCUT2D eigenvalue weighted by atomic mass is 10.5. The van der Waals surface area contributed by atoms with Crippen LogP contribution in [0.2, 0.25) is 0 Å². The zero-order chi connectivity index (χ0) is 44.7. The first-order valence-corrected chi connectivity index (χ1v) is 19.9. The summed E-state index contributed by atoms with van der Waals surface area (Å²) in [7, 11) is 0. The summed E-state index contributed by atoms with van der Waals surface area (Å²) in [5.41, 5.74) is 5.30. The van der Waals surface area contributed by atoms with E-state index in [4.69, 9.17) is 67.7 Å². The fourth-order valence-corrected chi connectivity index (χ4v) is 3.95. The van der Waals surface area contributed by atoms with Gasteiger partial charge in [-0.1, -0.05) is 0 Å². The van der Waals surface area contributed by atoms with Crippen LogP contribution in [0.15, 0.2) is 0 Å². The van der Waals surface area contributed by atoms with E-state index in [9.17, 15) is 28.8 Å². The molecule has 356 valence electrons. The summed E-state index contributed by atoms with van der Waals surface area (Å²) in [5, 5.41) is 21.6. The molecule has 0 spiro atoms. The van der Waals surface area contributed by atoms with Gasteiger partial charge in [0.25, 0.3) is 0 Å². The quantitative estimate of drug-likeness (QED) is 0.0281. The molecule has 0 rings (SSSR count). The fourth-order valence-electron chi connectivity index (χ4n) is 3.95. The Labute approximate surface area is 356 Å². The number of ether oxygens (including phenoxy) is 12. The maximum Gasteiger partial charge on any atom is 0.329 e. The van der Waals surface area contributed by atoms with E-state index in [0.717, 1.165) is 0 Å². The number of hydrogen-bond acceptors (Lipinski definition) is 19. The van der Waals surface area contributed by atoms with E-state index < -0.39 is 5.97 Å². The molecule has 0 aliphatic rings. The molecule has 5 amide bonds. The van der Waals surface area contributed by atoms with Crippen LogP contribution in [0.25, 0.3) is 0 Å². The third-order valence-corrected chi connectivity index (χ3v) is 6.73. The van der Waals surface area contributed by atoms with Gasteiger partial charge in [-0.25, -0.2) is 4.79 Å². The van der Waals surface area contributed by atoms with E-state index in [2.05, 4.69) is 26.6 Å². The van der Waals surface area contributed by atoms with Crippen molar-refractivity contribution in [2.45, 2.75) is 0 Å². The lowest BCUT2D eigenvalue weighted by molar-refractivity contribution is -0.142. The fraction of sp³-hybridized carbons (Fsp3) is 0.833. The van der Waals surface area contributed by atoms with Crippen molar-refractivity contribution in [2.24, 2.45) is 5.73 Å². The van der Waals surface area contributed by atoms with Gasteiger partial charge in [0.2, 0.25) is 29.5 Å². The van der Waals surface area contributed by atoms with E-state index in [1.54, 1.807) is 0 Å². The van der Waals surface area contributed by atoms with Crippen LogP contribution in [-0.4, -0.2) is 238 Å². The van der Waals surface area contributed by atoms with Gasteiger partial charge in [0.1, 0.15) is 39.6 Å². The minimum atomic E-state index is -1.05. The van der Waals surface area contributed by atoms with E-state index in [0.29, 0.717) is 32.9 Å². The molecule has 0 saturated heterocycles. The Bertz CT molecular complexity index is 1110. The number of carbonyl (C=O) groups excluding carboxylic acids is 5. The van der Waals surface area contributed by atoms with Gasteiger partial charge in [-0.05, 0) is 0 Å². The second-order valence-electron chi connectivity index (χ2n) is 11.9. The second-order valence-corrected chi connectivity index (χ2v) is 11.9. The van der Waals surface area contributed by atoms with Crippen LogP contribution in [-0.2, 0) is 85.6 Å². The third kappa shape index (κ3) is 47.2. The van der Waals surface area contributed by atoms with Crippen molar-refractivity contribution in [1.29, 1.82) is 0 Å². The smallest absolute Gasteiger partial charge is 0.329 e. The zero-order valence-corrected chi connectivity index (χ0v) is 35.1. The molecule has 0 aromatic carbocycles. The number of amides is 5. The van der Waals surface area contributed by atoms with Crippen molar-refractivity contribution >= 4 is 35.5 Å². The first-order valence-electron chi connectivity index (χ1n) is 19.9. The SMILES string of the molecule is NCCOCCOCC(=O)NCCOCCOCC(=O)NCCOCCOCC(=O)NCCOCCOCC(=O)NCCOCCOCC(=O)NCCOCCOCC(=O)O. The molecule has 0 aliphatic carbocycles. The summed E-state index contributed by atoms with van der Waals surface area (Å²) in [6.45, 7) is 5.34. The van der Waals surface area contributed by atoms with Crippen molar-refractivity contribution in [3.05, 3.63) is 0 Å². The standard InChI is InChI=1S/C36H68N6O19/c37-1-7-50-13-19-56-25-31(43)38-2-8-51-14-20-57-26-32(44)39-3-9-52-15-21-58-27-33(45)40-4-10-53-16-22-59-28-34(46)41-5-11-54-17-23-60-29-35(47)42-6-12-55-18-24-61-30-36(48)49/h1-30,37H2,(H,38,43)(H,39,44)(H,40,45)(H,41,46)(H,42,47)(H,48,49). The average molecular weight is 889 g/mol. The van der Waals surface area contributed by atoms with Crippen LogP contribution in [0, 0.1) is 0 Å². The molecule has 25 nitrogen and oxygen atoms in total. The van der Waals surface area contributed by atoms with Gasteiger partial charge in [-0.3, -0.25) is 24.0 Å². The van der Waals surface area contributed by atoms with Crippen LogP contribution < -0.4 is 32.3 Å². The molecular weight excluding hydrogens is 820 g/mol. The van der Waals surface area contributed by atoms with Crippen LogP contribution in [0.4, 0.5) is 0 Å². The Kier molecular flexibility index (Phi) is 43.0. The molecule has 0 heterocycles. The molecule has 0 aromatic rings. The molecule has 61 heavy (non-hydrogen) atoms. The Morgan fingerprint density at radius 2 is 0.492 bits per heavy atom. The van der Waals surface area contributed by atoms with Crippen molar-refractivity contribution < 1.29 is 90.7 Å².